The lowest BCUT2D eigenvalue weighted by Crippen LogP contribution is -2.32. The second-order valence-corrected chi connectivity index (χ2v) is 6.64. The highest BCUT2D eigenvalue weighted by molar-refractivity contribution is 5.60. The maximum Gasteiger partial charge on any atom is 0.247 e. The number of nitrogens with zero attached hydrogens (tertiary/aromatic N) is 5. The molecule has 5 nitrogen and oxygen atoms in total. The Kier molecular flexibility index (Phi) is 4.52. The van der Waals surface area contributed by atoms with Crippen LogP contribution in [0, 0.1) is 6.92 Å². The number of rotatable bonds is 4. The van der Waals surface area contributed by atoms with Crippen molar-refractivity contribution in [2.45, 2.75) is 26.8 Å². The fraction of sp³-hybridized carbons (Fsp3) is 0.286. The van der Waals surface area contributed by atoms with E-state index in [0.717, 1.165) is 37.6 Å². The lowest BCUT2D eigenvalue weighted by Gasteiger charge is -2.29. The van der Waals surface area contributed by atoms with E-state index in [4.69, 9.17) is 4.98 Å². The van der Waals surface area contributed by atoms with Crippen LogP contribution in [0.5, 0.6) is 0 Å². The molecule has 2 heterocycles. The molecule has 4 rings (SSSR count). The zero-order chi connectivity index (χ0) is 17.9. The van der Waals surface area contributed by atoms with Crippen LogP contribution in [0.2, 0.25) is 0 Å². The summed E-state index contributed by atoms with van der Waals surface area (Å²) in [5, 5.41) is 8.54. The quantitative estimate of drug-likeness (QED) is 0.717. The van der Waals surface area contributed by atoms with E-state index in [0.29, 0.717) is 5.95 Å². The summed E-state index contributed by atoms with van der Waals surface area (Å²) in [5.41, 5.74) is 5.13. The number of hydrogen-bond donors (Lipinski definition) is 0. The van der Waals surface area contributed by atoms with Gasteiger partial charge in [0.1, 0.15) is 0 Å². The number of anilines is 3. The molecule has 0 radical (unpaired) electrons. The Balaban J connectivity index is 1.62. The molecule has 0 saturated heterocycles. The molecule has 0 spiro atoms. The Labute approximate surface area is 154 Å². The SMILES string of the molecule is CCN(c1cccc(C)c1)c1cnnc(N2CCc3ccccc3C2)n1. The van der Waals surface area contributed by atoms with Crippen molar-refractivity contribution in [3.05, 3.63) is 71.4 Å². The van der Waals surface area contributed by atoms with Crippen LogP contribution in [0.1, 0.15) is 23.6 Å². The van der Waals surface area contributed by atoms with Gasteiger partial charge in [-0.05, 0) is 49.1 Å². The minimum atomic E-state index is 0.697. The molecule has 0 amide bonds. The predicted octanol–water partition coefficient (Wildman–Crippen LogP) is 3.90. The lowest BCUT2D eigenvalue weighted by atomic mass is 10.0. The Morgan fingerprint density at radius 1 is 1.08 bits per heavy atom. The zero-order valence-corrected chi connectivity index (χ0v) is 15.3. The first-order valence-electron chi connectivity index (χ1n) is 9.10. The van der Waals surface area contributed by atoms with Crippen LogP contribution < -0.4 is 9.80 Å². The molecule has 3 aromatic rings. The largest absolute Gasteiger partial charge is 0.335 e. The number of aryl methyl sites for hydroxylation is 1. The highest BCUT2D eigenvalue weighted by Crippen LogP contribution is 2.26. The fourth-order valence-electron chi connectivity index (χ4n) is 3.49. The lowest BCUT2D eigenvalue weighted by molar-refractivity contribution is 0.695. The third kappa shape index (κ3) is 3.25. The summed E-state index contributed by atoms with van der Waals surface area (Å²) in [6, 6.07) is 17.0. The van der Waals surface area contributed by atoms with Crippen LogP contribution in [0.3, 0.4) is 0 Å². The first-order chi connectivity index (χ1) is 12.7. The molecule has 1 aliphatic rings. The molecule has 0 atom stereocenters. The number of aromatic nitrogens is 3. The molecular weight excluding hydrogens is 322 g/mol. The number of benzene rings is 2. The van der Waals surface area contributed by atoms with Crippen LogP contribution in [0.25, 0.3) is 0 Å². The Morgan fingerprint density at radius 3 is 2.73 bits per heavy atom. The predicted molar refractivity (Wildman–Crippen MR) is 105 cm³/mol. The van der Waals surface area contributed by atoms with Crippen LogP contribution >= 0.6 is 0 Å². The van der Waals surface area contributed by atoms with Gasteiger partial charge in [0.2, 0.25) is 5.95 Å². The van der Waals surface area contributed by atoms with Gasteiger partial charge < -0.3 is 9.80 Å². The molecular formula is C21H23N5. The smallest absolute Gasteiger partial charge is 0.247 e. The van der Waals surface area contributed by atoms with Crippen molar-refractivity contribution < 1.29 is 0 Å². The van der Waals surface area contributed by atoms with Crippen LogP contribution in [0.4, 0.5) is 17.5 Å². The van der Waals surface area contributed by atoms with Gasteiger partial charge in [0.15, 0.2) is 5.82 Å². The van der Waals surface area contributed by atoms with E-state index >= 15 is 0 Å². The minimum Gasteiger partial charge on any atom is -0.335 e. The van der Waals surface area contributed by atoms with Gasteiger partial charge in [-0.25, -0.2) is 0 Å². The van der Waals surface area contributed by atoms with Gasteiger partial charge in [-0.3, -0.25) is 0 Å². The summed E-state index contributed by atoms with van der Waals surface area (Å²) < 4.78 is 0. The van der Waals surface area contributed by atoms with Gasteiger partial charge in [-0.15, -0.1) is 5.10 Å². The standard InChI is InChI=1S/C21H23N5/c1-3-26(19-10-6-7-16(2)13-19)20-14-22-24-21(23-20)25-12-11-17-8-4-5-9-18(17)15-25/h4-10,13-14H,3,11-12,15H2,1-2H3. The van der Waals surface area contributed by atoms with Gasteiger partial charge >= 0.3 is 0 Å². The summed E-state index contributed by atoms with van der Waals surface area (Å²) in [6.45, 7) is 6.80. The van der Waals surface area contributed by atoms with E-state index in [1.807, 2.05) is 0 Å². The maximum atomic E-state index is 4.82. The van der Waals surface area contributed by atoms with E-state index in [1.54, 1.807) is 6.20 Å². The summed E-state index contributed by atoms with van der Waals surface area (Å²) in [6.07, 6.45) is 2.76. The van der Waals surface area contributed by atoms with E-state index in [1.165, 1.54) is 16.7 Å². The second-order valence-electron chi connectivity index (χ2n) is 6.64. The molecule has 0 N–H and O–H groups in total. The van der Waals surface area contributed by atoms with E-state index in [2.05, 4.69) is 82.4 Å². The second kappa shape index (κ2) is 7.12. The van der Waals surface area contributed by atoms with Gasteiger partial charge in [0, 0.05) is 25.3 Å². The van der Waals surface area contributed by atoms with Gasteiger partial charge in [0.05, 0.1) is 6.20 Å². The minimum absolute atomic E-state index is 0.697. The molecule has 26 heavy (non-hydrogen) atoms. The average Bonchev–Trinajstić information content (AvgIpc) is 2.68. The Bertz CT molecular complexity index is 908. The first kappa shape index (κ1) is 16.5. The van der Waals surface area contributed by atoms with E-state index in [-0.39, 0.29) is 0 Å². The molecule has 0 bridgehead atoms. The molecule has 0 aliphatic carbocycles. The summed E-state index contributed by atoms with van der Waals surface area (Å²) >= 11 is 0. The Morgan fingerprint density at radius 2 is 1.92 bits per heavy atom. The van der Waals surface area contributed by atoms with Crippen molar-refractivity contribution in [3.63, 3.8) is 0 Å². The highest BCUT2D eigenvalue weighted by atomic mass is 15.3. The van der Waals surface area contributed by atoms with E-state index in [9.17, 15) is 0 Å². The van der Waals surface area contributed by atoms with Crippen LogP contribution in [-0.4, -0.2) is 28.3 Å². The van der Waals surface area contributed by atoms with Crippen molar-refractivity contribution >= 4 is 17.5 Å². The van der Waals surface area contributed by atoms with Gasteiger partial charge in [-0.1, -0.05) is 36.4 Å². The summed E-state index contributed by atoms with van der Waals surface area (Å²) in [5.74, 6) is 1.53. The zero-order valence-electron chi connectivity index (χ0n) is 15.3. The first-order valence-corrected chi connectivity index (χ1v) is 9.10. The number of fused-ring (bicyclic) bond motifs is 1. The van der Waals surface area contributed by atoms with Crippen molar-refractivity contribution in [2.75, 3.05) is 22.9 Å². The Hall–Kier alpha value is -2.95. The third-order valence-electron chi connectivity index (χ3n) is 4.85. The fourth-order valence-corrected chi connectivity index (χ4v) is 3.49. The molecule has 132 valence electrons. The molecule has 1 aliphatic heterocycles. The van der Waals surface area contributed by atoms with Crippen molar-refractivity contribution in [1.29, 1.82) is 0 Å². The van der Waals surface area contributed by atoms with Crippen LogP contribution in [-0.2, 0) is 13.0 Å². The van der Waals surface area contributed by atoms with Crippen molar-refractivity contribution in [3.8, 4) is 0 Å². The highest BCUT2D eigenvalue weighted by Gasteiger charge is 2.20. The third-order valence-corrected chi connectivity index (χ3v) is 4.85. The molecule has 0 saturated carbocycles. The molecule has 2 aromatic carbocycles. The molecule has 1 aromatic heterocycles. The van der Waals surface area contributed by atoms with Crippen molar-refractivity contribution in [1.82, 2.24) is 15.2 Å². The monoisotopic (exact) mass is 345 g/mol. The topological polar surface area (TPSA) is 45.2 Å². The van der Waals surface area contributed by atoms with Crippen molar-refractivity contribution in [2.24, 2.45) is 0 Å². The van der Waals surface area contributed by atoms with Gasteiger partial charge in [0.25, 0.3) is 0 Å². The molecule has 0 unspecified atom stereocenters. The molecule has 0 fully saturated rings. The average molecular weight is 345 g/mol. The summed E-state index contributed by atoms with van der Waals surface area (Å²) in [7, 11) is 0. The normalized spacial score (nSPS) is 13.4. The molecule has 5 heteroatoms. The van der Waals surface area contributed by atoms with Gasteiger partial charge in [-0.2, -0.15) is 10.1 Å². The van der Waals surface area contributed by atoms with E-state index < -0.39 is 0 Å². The summed E-state index contributed by atoms with van der Waals surface area (Å²) in [4.78, 5) is 9.21. The maximum absolute atomic E-state index is 4.82. The number of hydrogen-bond acceptors (Lipinski definition) is 5. The van der Waals surface area contributed by atoms with Crippen LogP contribution in [0.15, 0.2) is 54.7 Å².